The van der Waals surface area contributed by atoms with Crippen LogP contribution in [0, 0.1) is 29.6 Å². The first-order chi connectivity index (χ1) is 7.81. The zero-order chi connectivity index (χ0) is 11.5. The van der Waals surface area contributed by atoms with Gasteiger partial charge in [-0.05, 0) is 42.4 Å². The molecule has 0 spiro atoms. The summed E-state index contributed by atoms with van der Waals surface area (Å²) in [4.78, 5) is 0. The summed E-state index contributed by atoms with van der Waals surface area (Å²) in [6.45, 7) is 6.71. The van der Waals surface area contributed by atoms with E-state index in [-0.39, 0.29) is 0 Å². The first-order valence-electron chi connectivity index (χ1n) is 7.05. The van der Waals surface area contributed by atoms with E-state index in [0.29, 0.717) is 24.4 Å². The molecule has 92 valence electrons. The highest BCUT2D eigenvalue weighted by molar-refractivity contribution is 4.99. The van der Waals surface area contributed by atoms with Gasteiger partial charge in [-0.1, -0.05) is 38.7 Å². The second-order valence-electron chi connectivity index (χ2n) is 5.77. The van der Waals surface area contributed by atoms with Crippen LogP contribution in [0.4, 0.5) is 0 Å². The summed E-state index contributed by atoms with van der Waals surface area (Å²) in [5.41, 5.74) is 0. The zero-order valence-corrected chi connectivity index (χ0v) is 10.6. The van der Waals surface area contributed by atoms with Crippen molar-refractivity contribution < 1.29 is 5.11 Å². The summed E-state index contributed by atoms with van der Waals surface area (Å²) >= 11 is 0. The molecule has 2 rings (SSSR count). The number of fused-ring (bicyclic) bond motifs is 1. The van der Waals surface area contributed by atoms with Crippen molar-refractivity contribution in [3.8, 4) is 0 Å². The second kappa shape index (κ2) is 5.35. The van der Waals surface area contributed by atoms with Crippen LogP contribution in [0.3, 0.4) is 0 Å². The van der Waals surface area contributed by atoms with Crippen molar-refractivity contribution in [2.75, 3.05) is 6.61 Å². The number of aliphatic hydroxyl groups is 1. The van der Waals surface area contributed by atoms with Crippen LogP contribution in [0.2, 0.25) is 0 Å². The number of hydrogen-bond acceptors (Lipinski definition) is 1. The molecule has 5 atom stereocenters. The van der Waals surface area contributed by atoms with Gasteiger partial charge in [0.05, 0.1) is 0 Å². The molecule has 2 aliphatic rings. The molecule has 0 aromatic rings. The lowest BCUT2D eigenvalue weighted by atomic mass is 9.57. The fourth-order valence-electron chi connectivity index (χ4n) is 4.40. The molecule has 0 aromatic heterocycles. The van der Waals surface area contributed by atoms with Crippen molar-refractivity contribution in [3.63, 3.8) is 0 Å². The monoisotopic (exact) mass is 222 g/mol. The molecule has 2 fully saturated rings. The molecule has 0 bridgehead atoms. The highest BCUT2D eigenvalue weighted by Crippen LogP contribution is 2.49. The van der Waals surface area contributed by atoms with E-state index in [2.05, 4.69) is 19.6 Å². The maximum absolute atomic E-state index is 9.56. The van der Waals surface area contributed by atoms with Crippen molar-refractivity contribution in [2.45, 2.75) is 45.4 Å². The van der Waals surface area contributed by atoms with Gasteiger partial charge < -0.3 is 5.11 Å². The van der Waals surface area contributed by atoms with E-state index in [1.54, 1.807) is 0 Å². The van der Waals surface area contributed by atoms with E-state index in [1.807, 2.05) is 0 Å². The largest absolute Gasteiger partial charge is 0.396 e. The van der Waals surface area contributed by atoms with Gasteiger partial charge in [0.25, 0.3) is 0 Å². The summed E-state index contributed by atoms with van der Waals surface area (Å²) in [6.07, 6.45) is 10.3. The van der Waals surface area contributed by atoms with Crippen molar-refractivity contribution in [2.24, 2.45) is 29.6 Å². The molecule has 1 heteroatoms. The molecule has 16 heavy (non-hydrogen) atoms. The Balaban J connectivity index is 2.16. The fraction of sp³-hybridized carbons (Fsp3) is 0.867. The Bertz CT molecular complexity index is 230. The van der Waals surface area contributed by atoms with Crippen LogP contribution < -0.4 is 0 Å². The lowest BCUT2D eigenvalue weighted by molar-refractivity contribution is 0.00698. The molecular weight excluding hydrogens is 196 g/mol. The molecule has 1 N–H and O–H groups in total. The van der Waals surface area contributed by atoms with Crippen molar-refractivity contribution >= 4 is 0 Å². The molecule has 0 radical (unpaired) electrons. The summed E-state index contributed by atoms with van der Waals surface area (Å²) in [6, 6.07) is 0. The van der Waals surface area contributed by atoms with E-state index in [9.17, 15) is 5.11 Å². The molecule has 2 aliphatic carbocycles. The molecule has 1 nitrogen and oxygen atoms in total. The Kier molecular flexibility index (Phi) is 4.07. The zero-order valence-electron chi connectivity index (χ0n) is 10.6. The summed E-state index contributed by atoms with van der Waals surface area (Å²) < 4.78 is 0. The Morgan fingerprint density at radius 2 is 2.06 bits per heavy atom. The van der Waals surface area contributed by atoms with Gasteiger partial charge in [-0.15, -0.1) is 6.58 Å². The van der Waals surface area contributed by atoms with E-state index < -0.39 is 0 Å². The molecule has 0 aromatic carbocycles. The third-order valence-electron chi connectivity index (χ3n) is 5.15. The molecule has 0 unspecified atom stereocenters. The Morgan fingerprint density at radius 1 is 1.31 bits per heavy atom. The first kappa shape index (κ1) is 12.2. The minimum absolute atomic E-state index is 0.381. The van der Waals surface area contributed by atoms with Crippen molar-refractivity contribution in [1.29, 1.82) is 0 Å². The van der Waals surface area contributed by atoms with Crippen LogP contribution in [0.15, 0.2) is 12.7 Å². The van der Waals surface area contributed by atoms with Gasteiger partial charge >= 0.3 is 0 Å². The normalized spacial score (nSPS) is 43.8. The Labute approximate surface area is 99.9 Å². The average molecular weight is 222 g/mol. The van der Waals surface area contributed by atoms with E-state index in [4.69, 9.17) is 0 Å². The molecule has 0 amide bonds. The van der Waals surface area contributed by atoms with Crippen molar-refractivity contribution in [1.82, 2.24) is 0 Å². The van der Waals surface area contributed by atoms with E-state index in [0.717, 1.165) is 11.8 Å². The standard InChI is InChI=1S/C15H26O/c1-3-13-12(10-16)9-11-7-5-6-8-15(11)14(13)4-2/h4,11-16H,2-3,5-10H2,1H3/t11-,12-,13+,14+,15+/m0/s1. The number of rotatable bonds is 3. The lowest BCUT2D eigenvalue weighted by Crippen LogP contribution is -2.41. The van der Waals surface area contributed by atoms with Crippen LogP contribution in [-0.4, -0.2) is 11.7 Å². The first-order valence-corrected chi connectivity index (χ1v) is 7.05. The van der Waals surface area contributed by atoms with Crippen LogP contribution in [0.25, 0.3) is 0 Å². The Morgan fingerprint density at radius 3 is 2.69 bits per heavy atom. The van der Waals surface area contributed by atoms with Crippen molar-refractivity contribution in [3.05, 3.63) is 12.7 Å². The van der Waals surface area contributed by atoms with E-state index >= 15 is 0 Å². The number of allylic oxidation sites excluding steroid dienone is 1. The smallest absolute Gasteiger partial charge is 0.0462 e. The fourth-order valence-corrected chi connectivity index (χ4v) is 4.40. The van der Waals surface area contributed by atoms with Gasteiger partial charge in [0, 0.05) is 6.61 Å². The topological polar surface area (TPSA) is 20.2 Å². The van der Waals surface area contributed by atoms with Crippen LogP contribution in [0.5, 0.6) is 0 Å². The number of aliphatic hydroxyl groups excluding tert-OH is 1. The van der Waals surface area contributed by atoms with Gasteiger partial charge in [0.2, 0.25) is 0 Å². The summed E-state index contributed by atoms with van der Waals surface area (Å²) in [7, 11) is 0. The maximum atomic E-state index is 9.56. The van der Waals surface area contributed by atoms with Gasteiger partial charge in [-0.2, -0.15) is 0 Å². The summed E-state index contributed by atoms with van der Waals surface area (Å²) in [5.74, 6) is 3.63. The SMILES string of the molecule is C=C[C@@H]1[C@H](CC)[C@H](CO)C[C@@H]2CCCC[C@H]21. The quantitative estimate of drug-likeness (QED) is 0.723. The molecular formula is C15H26O. The predicted octanol–water partition coefficient (Wildman–Crippen LogP) is 3.63. The second-order valence-corrected chi connectivity index (χ2v) is 5.77. The van der Waals surface area contributed by atoms with Crippen LogP contribution in [-0.2, 0) is 0 Å². The Hall–Kier alpha value is -0.300. The molecule has 2 saturated carbocycles. The number of hydrogen-bond donors (Lipinski definition) is 1. The highest BCUT2D eigenvalue weighted by Gasteiger charge is 2.42. The minimum atomic E-state index is 0.381. The van der Waals surface area contributed by atoms with Gasteiger partial charge in [0.1, 0.15) is 0 Å². The molecule has 0 aliphatic heterocycles. The molecule has 0 saturated heterocycles. The van der Waals surface area contributed by atoms with Gasteiger partial charge in [-0.25, -0.2) is 0 Å². The minimum Gasteiger partial charge on any atom is -0.396 e. The molecule has 0 heterocycles. The van der Waals surface area contributed by atoms with Crippen LogP contribution in [0.1, 0.15) is 45.4 Å². The third-order valence-corrected chi connectivity index (χ3v) is 5.15. The van der Waals surface area contributed by atoms with Gasteiger partial charge in [-0.3, -0.25) is 0 Å². The maximum Gasteiger partial charge on any atom is 0.0462 e. The summed E-state index contributed by atoms with van der Waals surface area (Å²) in [5, 5.41) is 9.56. The predicted molar refractivity (Wildman–Crippen MR) is 68.1 cm³/mol. The lowest BCUT2D eigenvalue weighted by Gasteiger charge is -2.48. The average Bonchev–Trinajstić information content (AvgIpc) is 2.36. The van der Waals surface area contributed by atoms with E-state index in [1.165, 1.54) is 38.5 Å². The van der Waals surface area contributed by atoms with Crippen LogP contribution >= 0.6 is 0 Å². The van der Waals surface area contributed by atoms with Gasteiger partial charge in [0.15, 0.2) is 0 Å². The highest BCUT2D eigenvalue weighted by atomic mass is 16.3. The third kappa shape index (κ3) is 2.07.